The summed E-state index contributed by atoms with van der Waals surface area (Å²) in [5, 5.41) is 0. The lowest BCUT2D eigenvalue weighted by atomic mass is 9.51. The van der Waals surface area contributed by atoms with Crippen molar-refractivity contribution in [3.05, 3.63) is 48.0 Å². The first-order chi connectivity index (χ1) is 14.5. The zero-order chi connectivity index (χ0) is 20.9. The van der Waals surface area contributed by atoms with Gasteiger partial charge in [0.2, 0.25) is 0 Å². The molecule has 0 radical (unpaired) electrons. The summed E-state index contributed by atoms with van der Waals surface area (Å²) in [4.78, 5) is 36.9. The number of aldehydes is 1. The van der Waals surface area contributed by atoms with Crippen molar-refractivity contribution in [2.75, 3.05) is 20.3 Å². The normalized spacial score (nSPS) is 41.8. The van der Waals surface area contributed by atoms with Crippen molar-refractivity contribution in [3.8, 4) is 0 Å². The molecule has 3 aliphatic heterocycles. The minimum absolute atomic E-state index is 0.0155. The molecular formula is C22H22O8. The summed E-state index contributed by atoms with van der Waals surface area (Å²) in [6.45, 7) is -0.0332. The van der Waals surface area contributed by atoms with E-state index < -0.39 is 53.3 Å². The monoisotopic (exact) mass is 414 g/mol. The van der Waals surface area contributed by atoms with Crippen LogP contribution in [-0.2, 0) is 38.1 Å². The highest BCUT2D eigenvalue weighted by Gasteiger charge is 2.73. The van der Waals surface area contributed by atoms with Crippen LogP contribution in [0, 0.1) is 16.7 Å². The molecule has 0 N–H and O–H groups in total. The van der Waals surface area contributed by atoms with Gasteiger partial charge in [-0.15, -0.1) is 0 Å². The standard InChI is InChI=1S/C22H22O8/c1-26-20(25)22-12-27-14(10-23)18(22)21(8-7-17(24)28-11-21)15-9-16(22)30-19(29-15)13-5-3-2-4-6-13/h2-8,10,14-16,18-19H,9,11-12H2,1H3/t14-,15-,16+,18+,19+,21+,22-/m0/s1. The fourth-order valence-electron chi connectivity index (χ4n) is 5.61. The van der Waals surface area contributed by atoms with Crippen LogP contribution in [0.5, 0.6) is 0 Å². The molecule has 1 spiro atoms. The lowest BCUT2D eigenvalue weighted by Gasteiger charge is -2.59. The minimum Gasteiger partial charge on any atom is -0.468 e. The van der Waals surface area contributed by atoms with Gasteiger partial charge in [0.15, 0.2) is 6.29 Å². The van der Waals surface area contributed by atoms with E-state index in [0.717, 1.165) is 5.56 Å². The molecule has 3 fully saturated rings. The molecule has 0 aromatic heterocycles. The van der Waals surface area contributed by atoms with E-state index >= 15 is 0 Å². The van der Waals surface area contributed by atoms with Crippen LogP contribution in [0.4, 0.5) is 0 Å². The Morgan fingerprint density at radius 3 is 2.60 bits per heavy atom. The number of rotatable bonds is 3. The molecule has 2 bridgehead atoms. The minimum atomic E-state index is -1.22. The summed E-state index contributed by atoms with van der Waals surface area (Å²) in [6, 6.07) is 9.42. The van der Waals surface area contributed by atoms with E-state index in [2.05, 4.69) is 0 Å². The van der Waals surface area contributed by atoms with Crippen LogP contribution in [0.15, 0.2) is 42.5 Å². The summed E-state index contributed by atoms with van der Waals surface area (Å²) in [5.74, 6) is -1.63. The molecule has 30 heavy (non-hydrogen) atoms. The van der Waals surface area contributed by atoms with E-state index in [9.17, 15) is 14.4 Å². The number of benzene rings is 1. The average Bonchev–Trinajstić information content (AvgIpc) is 3.21. The molecule has 7 atom stereocenters. The van der Waals surface area contributed by atoms with Gasteiger partial charge >= 0.3 is 11.9 Å². The molecule has 8 heteroatoms. The molecule has 0 amide bonds. The first-order valence-corrected chi connectivity index (χ1v) is 9.92. The molecule has 8 nitrogen and oxygen atoms in total. The van der Waals surface area contributed by atoms with Gasteiger partial charge in [-0.3, -0.25) is 4.79 Å². The third-order valence-electron chi connectivity index (χ3n) is 6.92. The number of cyclic esters (lactones) is 1. The largest absolute Gasteiger partial charge is 0.468 e. The fourth-order valence-corrected chi connectivity index (χ4v) is 5.61. The lowest BCUT2D eigenvalue weighted by Crippen LogP contribution is -2.68. The van der Waals surface area contributed by atoms with E-state index in [-0.39, 0.29) is 13.2 Å². The summed E-state index contributed by atoms with van der Waals surface area (Å²) >= 11 is 0. The second kappa shape index (κ2) is 7.01. The van der Waals surface area contributed by atoms with Crippen molar-refractivity contribution in [1.82, 2.24) is 0 Å². The summed E-state index contributed by atoms with van der Waals surface area (Å²) < 4.78 is 29.0. The maximum absolute atomic E-state index is 13.2. The van der Waals surface area contributed by atoms with Gasteiger partial charge in [-0.1, -0.05) is 36.4 Å². The highest BCUT2D eigenvalue weighted by atomic mass is 16.7. The molecular weight excluding hydrogens is 392 g/mol. The van der Waals surface area contributed by atoms with Gasteiger partial charge in [0, 0.05) is 24.0 Å². The van der Waals surface area contributed by atoms with Crippen molar-refractivity contribution in [2.45, 2.75) is 31.0 Å². The fraction of sp³-hybridized carbons (Fsp3) is 0.500. The second-order valence-corrected chi connectivity index (χ2v) is 8.20. The zero-order valence-corrected chi connectivity index (χ0v) is 16.4. The van der Waals surface area contributed by atoms with Crippen LogP contribution >= 0.6 is 0 Å². The Morgan fingerprint density at radius 2 is 1.93 bits per heavy atom. The number of hydrogen-bond donors (Lipinski definition) is 0. The average molecular weight is 414 g/mol. The van der Waals surface area contributed by atoms with E-state index in [0.29, 0.717) is 12.7 Å². The quantitative estimate of drug-likeness (QED) is 0.540. The third-order valence-corrected chi connectivity index (χ3v) is 6.92. The molecule has 1 aromatic rings. The topological polar surface area (TPSA) is 97.4 Å². The lowest BCUT2D eigenvalue weighted by molar-refractivity contribution is -0.327. The maximum Gasteiger partial charge on any atom is 0.330 e. The molecule has 5 rings (SSSR count). The summed E-state index contributed by atoms with van der Waals surface area (Å²) in [5.41, 5.74) is -1.33. The van der Waals surface area contributed by atoms with Crippen molar-refractivity contribution in [3.63, 3.8) is 0 Å². The van der Waals surface area contributed by atoms with E-state index in [1.165, 1.54) is 13.2 Å². The Bertz CT molecular complexity index is 898. The molecule has 4 aliphatic rings. The molecule has 1 aromatic carbocycles. The molecule has 2 saturated heterocycles. The van der Waals surface area contributed by atoms with Gasteiger partial charge in [-0.05, 0) is 0 Å². The number of fused-ring (bicyclic) bond motifs is 6. The number of hydrogen-bond acceptors (Lipinski definition) is 8. The highest BCUT2D eigenvalue weighted by Crippen LogP contribution is 2.63. The molecule has 1 saturated carbocycles. The van der Waals surface area contributed by atoms with Crippen LogP contribution in [0.2, 0.25) is 0 Å². The molecule has 1 aliphatic carbocycles. The number of carbonyl (C=O) groups excluding carboxylic acids is 3. The molecule has 0 unspecified atom stereocenters. The number of ether oxygens (including phenoxy) is 5. The number of esters is 2. The van der Waals surface area contributed by atoms with E-state index in [4.69, 9.17) is 23.7 Å². The van der Waals surface area contributed by atoms with Crippen LogP contribution in [-0.4, -0.2) is 56.9 Å². The van der Waals surface area contributed by atoms with Crippen LogP contribution in [0.25, 0.3) is 0 Å². The SMILES string of the molecule is COC(=O)[C@]12CO[C@@H](C=O)[C@@H]1[C@@]1(C=CC(=O)OC1)[C@@H]1C[C@H]2O[C@H](c2ccccc2)O1. The predicted molar refractivity (Wildman–Crippen MR) is 99.8 cm³/mol. The second-order valence-electron chi connectivity index (χ2n) is 8.20. The zero-order valence-electron chi connectivity index (χ0n) is 16.4. The third kappa shape index (κ3) is 2.54. The van der Waals surface area contributed by atoms with Crippen LogP contribution in [0.1, 0.15) is 18.3 Å². The van der Waals surface area contributed by atoms with Gasteiger partial charge in [0.25, 0.3) is 0 Å². The van der Waals surface area contributed by atoms with Gasteiger partial charge in [0.1, 0.15) is 24.4 Å². The predicted octanol–water partition coefficient (Wildman–Crippen LogP) is 1.35. The number of carbonyl (C=O) groups is 3. The Balaban J connectivity index is 1.67. The molecule has 158 valence electrons. The highest BCUT2D eigenvalue weighted by molar-refractivity contribution is 5.84. The van der Waals surface area contributed by atoms with Crippen molar-refractivity contribution >= 4 is 18.2 Å². The van der Waals surface area contributed by atoms with Crippen LogP contribution < -0.4 is 0 Å². The first kappa shape index (κ1) is 19.4. The first-order valence-electron chi connectivity index (χ1n) is 9.92. The maximum atomic E-state index is 13.2. The Hall–Kier alpha value is -2.55. The Kier molecular flexibility index (Phi) is 4.53. The molecule has 3 heterocycles. The van der Waals surface area contributed by atoms with Gasteiger partial charge < -0.3 is 28.5 Å². The van der Waals surface area contributed by atoms with Crippen molar-refractivity contribution in [2.24, 2.45) is 16.7 Å². The van der Waals surface area contributed by atoms with Crippen LogP contribution in [0.3, 0.4) is 0 Å². The Labute approximate surface area is 173 Å². The van der Waals surface area contributed by atoms with Crippen molar-refractivity contribution < 1.29 is 38.1 Å². The van der Waals surface area contributed by atoms with E-state index in [1.807, 2.05) is 30.3 Å². The van der Waals surface area contributed by atoms with Crippen molar-refractivity contribution in [1.29, 1.82) is 0 Å². The Morgan fingerprint density at radius 1 is 1.17 bits per heavy atom. The van der Waals surface area contributed by atoms with E-state index in [1.54, 1.807) is 6.08 Å². The van der Waals surface area contributed by atoms with Gasteiger partial charge in [0.05, 0.1) is 31.3 Å². The summed E-state index contributed by atoms with van der Waals surface area (Å²) in [7, 11) is 1.31. The number of methoxy groups -OCH3 is 1. The van der Waals surface area contributed by atoms with Gasteiger partial charge in [-0.25, -0.2) is 4.79 Å². The van der Waals surface area contributed by atoms with Gasteiger partial charge in [-0.2, -0.15) is 0 Å². The smallest absolute Gasteiger partial charge is 0.330 e. The summed E-state index contributed by atoms with van der Waals surface area (Å²) in [6.07, 6.45) is 1.51.